The summed E-state index contributed by atoms with van der Waals surface area (Å²) < 4.78 is 0. The highest BCUT2D eigenvalue weighted by Crippen LogP contribution is 2.19. The highest BCUT2D eigenvalue weighted by molar-refractivity contribution is 5.67. The lowest BCUT2D eigenvalue weighted by Crippen LogP contribution is -2.16. The van der Waals surface area contributed by atoms with Gasteiger partial charge in [0, 0.05) is 5.56 Å². The van der Waals surface area contributed by atoms with Gasteiger partial charge in [-0.15, -0.1) is 0 Å². The van der Waals surface area contributed by atoms with Gasteiger partial charge < -0.3 is 5.73 Å². The summed E-state index contributed by atoms with van der Waals surface area (Å²) in [5, 5.41) is 8.96. The summed E-state index contributed by atoms with van der Waals surface area (Å²) in [4.78, 5) is 17.8. The molecule has 0 saturated heterocycles. The molecule has 0 spiro atoms. The van der Waals surface area contributed by atoms with Crippen LogP contribution in [0.5, 0.6) is 0 Å². The molecule has 0 radical (unpaired) electrons. The van der Waals surface area contributed by atoms with Crippen molar-refractivity contribution >= 4 is 5.95 Å². The molecule has 0 atom stereocenters. The van der Waals surface area contributed by atoms with E-state index in [2.05, 4.69) is 9.97 Å². The number of hydrogen-bond acceptors (Lipinski definition) is 4. The van der Waals surface area contributed by atoms with Gasteiger partial charge in [-0.25, -0.2) is 4.98 Å². The van der Waals surface area contributed by atoms with E-state index >= 15 is 0 Å². The maximum atomic E-state index is 11.5. The van der Waals surface area contributed by atoms with Gasteiger partial charge in [-0.2, -0.15) is 5.26 Å². The molecule has 2 aromatic rings. The molecule has 2 rings (SSSR count). The summed E-state index contributed by atoms with van der Waals surface area (Å²) in [6.07, 6.45) is 0. The van der Waals surface area contributed by atoms with Gasteiger partial charge in [0.25, 0.3) is 5.56 Å². The zero-order valence-electron chi connectivity index (χ0n) is 9.19. The van der Waals surface area contributed by atoms with E-state index in [0.29, 0.717) is 11.3 Å². The fourth-order valence-corrected chi connectivity index (χ4v) is 1.51. The predicted octanol–water partition coefficient (Wildman–Crippen LogP) is 1.20. The third-order valence-electron chi connectivity index (χ3n) is 2.37. The highest BCUT2D eigenvalue weighted by Gasteiger charge is 2.11. The number of nitriles is 1. The lowest BCUT2D eigenvalue weighted by molar-refractivity contribution is 1.12. The van der Waals surface area contributed by atoms with Crippen LogP contribution >= 0.6 is 0 Å². The second-order valence-electron chi connectivity index (χ2n) is 3.65. The molecule has 0 saturated carbocycles. The van der Waals surface area contributed by atoms with E-state index in [0.717, 1.165) is 5.56 Å². The van der Waals surface area contributed by atoms with Gasteiger partial charge in [0.05, 0.1) is 5.69 Å². The van der Waals surface area contributed by atoms with Crippen molar-refractivity contribution in [3.8, 4) is 17.3 Å². The maximum Gasteiger partial charge on any atom is 0.270 e. The van der Waals surface area contributed by atoms with Crippen LogP contribution in [0.4, 0.5) is 5.95 Å². The molecular formula is C12H10N4O. The summed E-state index contributed by atoms with van der Waals surface area (Å²) in [5.41, 5.74) is 7.03. The van der Waals surface area contributed by atoms with Gasteiger partial charge in [-0.3, -0.25) is 9.78 Å². The molecule has 3 N–H and O–H groups in total. The number of nitrogens with two attached hydrogens (primary N) is 1. The Morgan fingerprint density at radius 3 is 2.59 bits per heavy atom. The first-order chi connectivity index (χ1) is 8.11. The summed E-state index contributed by atoms with van der Waals surface area (Å²) in [6, 6.07) is 9.22. The summed E-state index contributed by atoms with van der Waals surface area (Å²) >= 11 is 0. The van der Waals surface area contributed by atoms with Crippen LogP contribution < -0.4 is 11.3 Å². The molecule has 0 aliphatic carbocycles. The lowest BCUT2D eigenvalue weighted by atomic mass is 10.1. The van der Waals surface area contributed by atoms with E-state index in [4.69, 9.17) is 11.0 Å². The lowest BCUT2D eigenvalue weighted by Gasteiger charge is -2.04. The summed E-state index contributed by atoms with van der Waals surface area (Å²) in [6.45, 7) is 1.95. The molecule has 0 amide bonds. The summed E-state index contributed by atoms with van der Waals surface area (Å²) in [7, 11) is 0. The molecule has 1 aromatic carbocycles. The van der Waals surface area contributed by atoms with E-state index < -0.39 is 5.56 Å². The fraction of sp³-hybridized carbons (Fsp3) is 0.0833. The number of nitrogen functional groups attached to an aromatic ring is 1. The topological polar surface area (TPSA) is 95.6 Å². The van der Waals surface area contributed by atoms with Crippen LogP contribution in [0.15, 0.2) is 29.1 Å². The number of nitrogens with one attached hydrogen (secondary N) is 1. The van der Waals surface area contributed by atoms with Crippen LogP contribution in [-0.2, 0) is 0 Å². The zero-order chi connectivity index (χ0) is 12.4. The van der Waals surface area contributed by atoms with Crippen molar-refractivity contribution in [1.82, 2.24) is 9.97 Å². The van der Waals surface area contributed by atoms with Gasteiger partial charge in [-0.05, 0) is 6.92 Å². The third kappa shape index (κ3) is 2.01. The Labute approximate surface area is 97.6 Å². The van der Waals surface area contributed by atoms with Crippen molar-refractivity contribution in [2.45, 2.75) is 6.92 Å². The number of anilines is 1. The van der Waals surface area contributed by atoms with Crippen LogP contribution in [-0.4, -0.2) is 9.97 Å². The minimum Gasteiger partial charge on any atom is -0.369 e. The molecule has 1 heterocycles. The predicted molar refractivity (Wildman–Crippen MR) is 64.2 cm³/mol. The van der Waals surface area contributed by atoms with Crippen molar-refractivity contribution in [3.63, 3.8) is 0 Å². The Morgan fingerprint density at radius 1 is 1.35 bits per heavy atom. The first-order valence-corrected chi connectivity index (χ1v) is 4.98. The number of aromatic amines is 1. The minimum atomic E-state index is -0.518. The molecule has 0 bridgehead atoms. The zero-order valence-corrected chi connectivity index (χ0v) is 9.19. The van der Waals surface area contributed by atoms with Gasteiger partial charge in [0.15, 0.2) is 0 Å². The molecule has 17 heavy (non-hydrogen) atoms. The Bertz CT molecular complexity index is 650. The number of H-pyrrole nitrogens is 1. The van der Waals surface area contributed by atoms with Crippen LogP contribution in [0.2, 0.25) is 0 Å². The fourth-order valence-electron chi connectivity index (χ4n) is 1.51. The molecule has 0 fully saturated rings. The Balaban J connectivity index is 2.71. The van der Waals surface area contributed by atoms with Gasteiger partial charge in [0.2, 0.25) is 5.95 Å². The first kappa shape index (κ1) is 10.9. The Morgan fingerprint density at radius 2 is 2.00 bits per heavy atom. The molecular weight excluding hydrogens is 216 g/mol. The van der Waals surface area contributed by atoms with Crippen molar-refractivity contribution in [1.29, 1.82) is 5.26 Å². The summed E-state index contributed by atoms with van der Waals surface area (Å²) in [5.74, 6) is 0.00424. The molecule has 5 heteroatoms. The maximum absolute atomic E-state index is 11.5. The molecule has 1 aromatic heterocycles. The molecule has 5 nitrogen and oxygen atoms in total. The number of hydrogen-bond donors (Lipinski definition) is 2. The Hall–Kier alpha value is -2.61. The molecule has 0 unspecified atom stereocenters. The SMILES string of the molecule is Cc1ccc(-c2nc(N)[nH]c(=O)c2C#N)cc1. The van der Waals surface area contributed by atoms with Crippen LogP contribution in [0.1, 0.15) is 11.1 Å². The van der Waals surface area contributed by atoms with E-state index in [1.807, 2.05) is 25.1 Å². The van der Waals surface area contributed by atoms with E-state index in [9.17, 15) is 4.79 Å². The van der Waals surface area contributed by atoms with E-state index in [1.165, 1.54) is 0 Å². The Kier molecular flexibility index (Phi) is 2.63. The average molecular weight is 226 g/mol. The number of benzene rings is 1. The highest BCUT2D eigenvalue weighted by atomic mass is 16.1. The van der Waals surface area contributed by atoms with Crippen LogP contribution in [0.3, 0.4) is 0 Å². The third-order valence-corrected chi connectivity index (χ3v) is 2.37. The van der Waals surface area contributed by atoms with Crippen LogP contribution in [0, 0.1) is 18.3 Å². The number of aryl methyl sites for hydroxylation is 1. The van der Waals surface area contributed by atoms with Crippen molar-refractivity contribution in [2.75, 3.05) is 5.73 Å². The van der Waals surface area contributed by atoms with Crippen molar-refractivity contribution < 1.29 is 0 Å². The van der Waals surface area contributed by atoms with Crippen molar-refractivity contribution in [3.05, 3.63) is 45.7 Å². The van der Waals surface area contributed by atoms with E-state index in [-0.39, 0.29) is 11.5 Å². The smallest absolute Gasteiger partial charge is 0.270 e. The largest absolute Gasteiger partial charge is 0.369 e. The number of rotatable bonds is 1. The number of nitrogens with zero attached hydrogens (tertiary/aromatic N) is 2. The second-order valence-corrected chi connectivity index (χ2v) is 3.65. The molecule has 0 aliphatic rings. The average Bonchev–Trinajstić information content (AvgIpc) is 2.29. The second kappa shape index (κ2) is 4.10. The van der Waals surface area contributed by atoms with Gasteiger partial charge >= 0.3 is 0 Å². The standard InChI is InChI=1S/C12H10N4O/c1-7-2-4-8(5-3-7)10-9(6-13)11(17)16-12(14)15-10/h2-5H,1H3,(H3,14,15,16,17). The van der Waals surface area contributed by atoms with Gasteiger partial charge in [0.1, 0.15) is 11.6 Å². The van der Waals surface area contributed by atoms with Crippen LogP contribution in [0.25, 0.3) is 11.3 Å². The minimum absolute atomic E-state index is 0.00424. The quantitative estimate of drug-likeness (QED) is 0.763. The van der Waals surface area contributed by atoms with Gasteiger partial charge in [-0.1, -0.05) is 29.8 Å². The molecule has 84 valence electrons. The van der Waals surface area contributed by atoms with Crippen molar-refractivity contribution in [2.24, 2.45) is 0 Å². The molecule has 0 aliphatic heterocycles. The number of aromatic nitrogens is 2. The normalized spacial score (nSPS) is 9.88. The van der Waals surface area contributed by atoms with E-state index in [1.54, 1.807) is 12.1 Å². The first-order valence-electron chi connectivity index (χ1n) is 4.98. The monoisotopic (exact) mass is 226 g/mol.